The maximum absolute atomic E-state index is 11.7. The lowest BCUT2D eigenvalue weighted by Gasteiger charge is -2.02. The van der Waals surface area contributed by atoms with Gasteiger partial charge in [0.1, 0.15) is 0 Å². The molecular weight excluding hydrogens is 236 g/mol. The van der Waals surface area contributed by atoms with E-state index >= 15 is 0 Å². The molecule has 1 aromatic rings. The van der Waals surface area contributed by atoms with Crippen LogP contribution in [0.3, 0.4) is 0 Å². The number of carbonyl (C=O) groups excluding carboxylic acids is 1. The topological polar surface area (TPSA) is 17.1 Å². The number of rotatable bonds is 2. The first kappa shape index (κ1) is 8.45. The lowest BCUT2D eigenvalue weighted by Crippen LogP contribution is -2.09. The molecule has 1 fully saturated rings. The summed E-state index contributed by atoms with van der Waals surface area (Å²) in [4.78, 5) is 12.6. The Balaban J connectivity index is 2.25. The van der Waals surface area contributed by atoms with Crippen LogP contribution in [0.15, 0.2) is 15.9 Å². The predicted molar refractivity (Wildman–Crippen MR) is 53.7 cm³/mol. The van der Waals surface area contributed by atoms with Crippen molar-refractivity contribution in [2.24, 2.45) is 5.41 Å². The molecule has 12 heavy (non-hydrogen) atoms. The highest BCUT2D eigenvalue weighted by molar-refractivity contribution is 9.10. The maximum Gasteiger partial charge on any atom is 0.178 e. The van der Waals surface area contributed by atoms with Crippen molar-refractivity contribution >= 4 is 33.0 Å². The summed E-state index contributed by atoms with van der Waals surface area (Å²) in [5.74, 6) is 0.318. The second-order valence-corrected chi connectivity index (χ2v) is 5.35. The van der Waals surface area contributed by atoms with Crippen LogP contribution in [0.4, 0.5) is 0 Å². The van der Waals surface area contributed by atoms with Gasteiger partial charge in [0.05, 0.1) is 4.88 Å². The number of carbonyl (C=O) groups is 1. The Bertz CT molecular complexity index is 325. The van der Waals surface area contributed by atoms with Crippen LogP contribution in [0, 0.1) is 5.41 Å². The van der Waals surface area contributed by atoms with Crippen molar-refractivity contribution in [3.05, 3.63) is 20.8 Å². The fourth-order valence-electron chi connectivity index (χ4n) is 1.14. The van der Waals surface area contributed by atoms with Crippen LogP contribution in [0.5, 0.6) is 0 Å². The number of hydrogen-bond donors (Lipinski definition) is 0. The van der Waals surface area contributed by atoms with E-state index in [1.807, 2.05) is 18.4 Å². The van der Waals surface area contributed by atoms with E-state index in [-0.39, 0.29) is 5.41 Å². The van der Waals surface area contributed by atoms with Crippen LogP contribution in [0.25, 0.3) is 0 Å². The van der Waals surface area contributed by atoms with Gasteiger partial charge in [-0.3, -0.25) is 4.79 Å². The Labute approximate surface area is 83.9 Å². The predicted octanol–water partition coefficient (Wildman–Crippen LogP) is 3.49. The third-order valence-corrected chi connectivity index (χ3v) is 4.03. The number of halogens is 1. The second-order valence-electron chi connectivity index (χ2n) is 3.52. The van der Waals surface area contributed by atoms with E-state index in [1.54, 1.807) is 0 Å². The van der Waals surface area contributed by atoms with Gasteiger partial charge < -0.3 is 0 Å². The van der Waals surface area contributed by atoms with Crippen LogP contribution in [-0.2, 0) is 0 Å². The largest absolute Gasteiger partial charge is 0.293 e. The van der Waals surface area contributed by atoms with Crippen LogP contribution >= 0.6 is 27.3 Å². The summed E-state index contributed by atoms with van der Waals surface area (Å²) in [6, 6.07) is 1.91. The fraction of sp³-hybridized carbons (Fsp3) is 0.444. The van der Waals surface area contributed by atoms with Gasteiger partial charge in [-0.15, -0.1) is 11.3 Å². The Morgan fingerprint density at radius 1 is 1.67 bits per heavy atom. The van der Waals surface area contributed by atoms with E-state index in [0.717, 1.165) is 22.2 Å². The van der Waals surface area contributed by atoms with E-state index in [4.69, 9.17) is 0 Å². The van der Waals surface area contributed by atoms with Gasteiger partial charge in [0, 0.05) is 15.3 Å². The average Bonchev–Trinajstić information content (AvgIpc) is 2.62. The molecule has 1 aliphatic rings. The minimum Gasteiger partial charge on any atom is -0.293 e. The maximum atomic E-state index is 11.7. The van der Waals surface area contributed by atoms with Crippen molar-refractivity contribution in [2.45, 2.75) is 19.8 Å². The quantitative estimate of drug-likeness (QED) is 0.729. The third-order valence-electron chi connectivity index (χ3n) is 2.34. The lowest BCUT2D eigenvalue weighted by molar-refractivity contribution is 0.0917. The van der Waals surface area contributed by atoms with Crippen molar-refractivity contribution in [1.82, 2.24) is 0 Å². The van der Waals surface area contributed by atoms with E-state index in [0.29, 0.717) is 5.78 Å². The molecule has 3 heteroatoms. The standard InChI is InChI=1S/C9H9BrOS/c1-9(2-3-9)8(11)7-4-6(10)5-12-7/h4-5H,2-3H2,1H3. The zero-order valence-corrected chi connectivity index (χ0v) is 9.17. The molecule has 1 aliphatic carbocycles. The summed E-state index contributed by atoms with van der Waals surface area (Å²) in [6.45, 7) is 2.04. The summed E-state index contributed by atoms with van der Waals surface area (Å²) in [5.41, 5.74) is -0.0235. The van der Waals surface area contributed by atoms with Gasteiger partial charge in [-0.05, 0) is 34.8 Å². The van der Waals surface area contributed by atoms with Gasteiger partial charge in [0.25, 0.3) is 0 Å². The molecule has 0 aromatic carbocycles. The molecule has 1 saturated carbocycles. The fourth-order valence-corrected chi connectivity index (χ4v) is 2.66. The molecule has 64 valence electrons. The van der Waals surface area contributed by atoms with E-state index in [9.17, 15) is 4.79 Å². The highest BCUT2D eigenvalue weighted by Gasteiger charge is 2.45. The van der Waals surface area contributed by atoms with Gasteiger partial charge in [-0.2, -0.15) is 0 Å². The number of Topliss-reactive ketones (excluding diaryl/α,β-unsaturated/α-hetero) is 1. The highest BCUT2D eigenvalue weighted by atomic mass is 79.9. The summed E-state index contributed by atoms with van der Waals surface area (Å²) in [7, 11) is 0. The third kappa shape index (κ3) is 1.36. The zero-order valence-electron chi connectivity index (χ0n) is 6.76. The van der Waals surface area contributed by atoms with E-state index in [2.05, 4.69) is 15.9 Å². The Hall–Kier alpha value is -0.150. The minimum atomic E-state index is -0.0235. The number of ketones is 1. The van der Waals surface area contributed by atoms with Crippen molar-refractivity contribution < 1.29 is 4.79 Å². The van der Waals surface area contributed by atoms with Crippen molar-refractivity contribution in [3.8, 4) is 0 Å². The molecule has 0 saturated heterocycles. The zero-order chi connectivity index (χ0) is 8.77. The van der Waals surface area contributed by atoms with Gasteiger partial charge in [0.2, 0.25) is 0 Å². The molecule has 1 nitrogen and oxygen atoms in total. The molecule has 0 unspecified atom stereocenters. The molecule has 0 spiro atoms. The SMILES string of the molecule is CC1(C(=O)c2cc(Br)cs2)CC1. The van der Waals surface area contributed by atoms with Crippen molar-refractivity contribution in [2.75, 3.05) is 0 Å². The Morgan fingerprint density at radius 3 is 2.75 bits per heavy atom. The molecule has 0 bridgehead atoms. The first-order valence-corrected chi connectivity index (χ1v) is 5.58. The van der Waals surface area contributed by atoms with Crippen LogP contribution in [-0.4, -0.2) is 5.78 Å². The second kappa shape index (κ2) is 2.67. The molecule has 0 aliphatic heterocycles. The summed E-state index contributed by atoms with van der Waals surface area (Å²) in [6.07, 6.45) is 2.11. The molecular formula is C9H9BrOS. The van der Waals surface area contributed by atoms with Gasteiger partial charge in [0.15, 0.2) is 5.78 Å². The van der Waals surface area contributed by atoms with Gasteiger partial charge >= 0.3 is 0 Å². The Morgan fingerprint density at radius 2 is 2.33 bits per heavy atom. The van der Waals surface area contributed by atoms with Crippen molar-refractivity contribution in [3.63, 3.8) is 0 Å². The van der Waals surface area contributed by atoms with Crippen LogP contribution < -0.4 is 0 Å². The molecule has 0 radical (unpaired) electrons. The molecule has 1 heterocycles. The van der Waals surface area contributed by atoms with Gasteiger partial charge in [-0.25, -0.2) is 0 Å². The first-order valence-electron chi connectivity index (χ1n) is 3.91. The monoisotopic (exact) mass is 244 g/mol. The molecule has 1 aromatic heterocycles. The molecule has 0 atom stereocenters. The van der Waals surface area contributed by atoms with Crippen LogP contribution in [0.2, 0.25) is 0 Å². The lowest BCUT2D eigenvalue weighted by atomic mass is 10.0. The average molecular weight is 245 g/mol. The summed E-state index contributed by atoms with van der Waals surface area (Å²) in [5, 5.41) is 1.96. The highest BCUT2D eigenvalue weighted by Crippen LogP contribution is 2.48. The van der Waals surface area contributed by atoms with Crippen LogP contribution in [0.1, 0.15) is 29.4 Å². The number of thiophene rings is 1. The van der Waals surface area contributed by atoms with Gasteiger partial charge in [-0.1, -0.05) is 6.92 Å². The molecule has 0 N–H and O–H groups in total. The molecule has 2 rings (SSSR count). The number of hydrogen-bond acceptors (Lipinski definition) is 2. The summed E-state index contributed by atoms with van der Waals surface area (Å²) < 4.78 is 1.01. The molecule has 0 amide bonds. The van der Waals surface area contributed by atoms with E-state index in [1.165, 1.54) is 11.3 Å². The normalized spacial score (nSPS) is 19.2. The summed E-state index contributed by atoms with van der Waals surface area (Å²) >= 11 is 4.87. The smallest absolute Gasteiger partial charge is 0.178 e. The van der Waals surface area contributed by atoms with Crippen molar-refractivity contribution in [1.29, 1.82) is 0 Å². The van der Waals surface area contributed by atoms with E-state index < -0.39 is 0 Å². The minimum absolute atomic E-state index is 0.0235. The first-order chi connectivity index (χ1) is 5.62. The Kier molecular flexibility index (Phi) is 1.88.